The molecule has 0 fully saturated rings. The van der Waals surface area contributed by atoms with E-state index in [0.29, 0.717) is 30.5 Å². The molecule has 0 aromatic heterocycles. The fourth-order valence-corrected chi connectivity index (χ4v) is 18.0. The summed E-state index contributed by atoms with van der Waals surface area (Å²) in [6.45, 7) is 6.63. The molecule has 1 aliphatic rings. The van der Waals surface area contributed by atoms with E-state index in [2.05, 4.69) is 46.1 Å². The zero-order chi connectivity index (χ0) is 37.3. The Morgan fingerprint density at radius 1 is 0.463 bits per heavy atom. The summed E-state index contributed by atoms with van der Waals surface area (Å²) in [6, 6.07) is 54.3. The van der Waals surface area contributed by atoms with Crippen molar-refractivity contribution in [2.75, 3.05) is 19.8 Å². The van der Waals surface area contributed by atoms with Crippen molar-refractivity contribution in [3.05, 3.63) is 164 Å². The number of nitrogens with zero attached hydrogens (tertiary/aromatic N) is 1. The average molecular weight is 782 g/mol. The van der Waals surface area contributed by atoms with Crippen LogP contribution in [-0.2, 0) is 13.6 Å². The summed E-state index contributed by atoms with van der Waals surface area (Å²) in [7, 11) is -11.1. The molecular formula is C42H46N3O6P3. The van der Waals surface area contributed by atoms with Crippen LogP contribution in [-0.4, -0.2) is 19.8 Å². The third kappa shape index (κ3) is 9.10. The average Bonchev–Trinajstić information content (AvgIpc) is 3.20. The fourth-order valence-electron chi connectivity index (χ4n) is 6.14. The normalized spacial score (nSPS) is 18.4. The predicted octanol–water partition coefficient (Wildman–Crippen LogP) is 12.3. The monoisotopic (exact) mass is 781 g/mol. The molecule has 6 aromatic rings. The van der Waals surface area contributed by atoms with Crippen molar-refractivity contribution in [1.82, 2.24) is 9.72 Å². The van der Waals surface area contributed by atoms with Crippen molar-refractivity contribution >= 4 is 23.7 Å². The fraction of sp³-hybridized carbons (Fsp3) is 0.143. The Kier molecular flexibility index (Phi) is 12.2. The molecule has 0 amide bonds. The van der Waals surface area contributed by atoms with Gasteiger partial charge >= 0.3 is 320 Å². The van der Waals surface area contributed by atoms with Crippen LogP contribution in [0.25, 0.3) is 33.4 Å². The van der Waals surface area contributed by atoms with Crippen LogP contribution in [0.5, 0.6) is 17.2 Å². The number of benzene rings is 6. The summed E-state index contributed by atoms with van der Waals surface area (Å²) < 4.78 is 45.5. The molecule has 1 heterocycles. The molecule has 0 spiro atoms. The van der Waals surface area contributed by atoms with Gasteiger partial charge in [0.1, 0.15) is 0 Å². The first-order valence-corrected chi connectivity index (χ1v) is 23.3. The van der Waals surface area contributed by atoms with E-state index < -0.39 is 23.7 Å². The molecule has 1 atom stereocenters. The maximum absolute atomic E-state index is 6.88. The van der Waals surface area contributed by atoms with E-state index in [1.807, 2.05) is 148 Å². The van der Waals surface area contributed by atoms with Gasteiger partial charge in [0.2, 0.25) is 0 Å². The van der Waals surface area contributed by atoms with Gasteiger partial charge in [-0.1, -0.05) is 0 Å². The Morgan fingerprint density at radius 2 is 0.870 bits per heavy atom. The molecule has 0 aliphatic carbocycles. The maximum atomic E-state index is 6.88. The Labute approximate surface area is 319 Å². The van der Waals surface area contributed by atoms with Crippen molar-refractivity contribution in [3.8, 4) is 50.6 Å². The molecule has 1 unspecified atom stereocenters. The predicted molar refractivity (Wildman–Crippen MR) is 225 cm³/mol. The summed E-state index contributed by atoms with van der Waals surface area (Å²) in [4.78, 5) is 7.14. The zero-order valence-corrected chi connectivity index (χ0v) is 33.4. The van der Waals surface area contributed by atoms with Crippen molar-refractivity contribution in [2.45, 2.75) is 20.8 Å². The topological polar surface area (TPSA) is 91.8 Å². The zero-order valence-electron chi connectivity index (χ0n) is 30.6. The van der Waals surface area contributed by atoms with Crippen LogP contribution in [0.3, 0.4) is 0 Å². The molecule has 54 heavy (non-hydrogen) atoms. The molecular weight excluding hydrogens is 735 g/mol. The van der Waals surface area contributed by atoms with Gasteiger partial charge in [-0.15, -0.1) is 0 Å². The minimum atomic E-state index is -3.88. The Bertz CT molecular complexity index is 2150. The van der Waals surface area contributed by atoms with Gasteiger partial charge in [0, 0.05) is 0 Å². The van der Waals surface area contributed by atoms with Crippen LogP contribution in [0.1, 0.15) is 20.8 Å². The number of nitrogens with one attached hydrogen (secondary N) is 2. The summed E-state index contributed by atoms with van der Waals surface area (Å²) in [5, 5.41) is 0. The molecule has 6 aromatic carbocycles. The van der Waals surface area contributed by atoms with Gasteiger partial charge in [0.05, 0.1) is 0 Å². The molecule has 2 N–H and O–H groups in total. The summed E-state index contributed by atoms with van der Waals surface area (Å²) >= 11 is 0. The summed E-state index contributed by atoms with van der Waals surface area (Å²) in [5.74, 6) is 1.72. The molecule has 0 radical (unpaired) electrons. The number of hydrogen-bond donors (Lipinski definition) is 2. The SMILES string of the molecule is CCOP1(Oc2ccc(-c3ccccc3)cc2)=N[PH](OCC)(Oc2ccc(-c3ccccc3)cc2)N[PH](OCC)(Oc2ccc(-c3ccccc3)cc2)N1. The van der Waals surface area contributed by atoms with E-state index in [0.717, 1.165) is 33.4 Å². The summed E-state index contributed by atoms with van der Waals surface area (Å²) in [6.07, 6.45) is 0. The molecule has 280 valence electrons. The van der Waals surface area contributed by atoms with E-state index in [1.165, 1.54) is 0 Å². The third-order valence-electron chi connectivity index (χ3n) is 8.50. The second-order valence-corrected chi connectivity index (χ2v) is 19.9. The second-order valence-electron chi connectivity index (χ2n) is 12.3. The van der Waals surface area contributed by atoms with Gasteiger partial charge < -0.3 is 0 Å². The third-order valence-corrected chi connectivity index (χ3v) is 19.0. The van der Waals surface area contributed by atoms with Gasteiger partial charge in [0.25, 0.3) is 0 Å². The molecule has 0 bridgehead atoms. The van der Waals surface area contributed by atoms with Crippen molar-refractivity contribution in [2.24, 2.45) is 4.52 Å². The van der Waals surface area contributed by atoms with Crippen molar-refractivity contribution in [3.63, 3.8) is 0 Å². The van der Waals surface area contributed by atoms with Gasteiger partial charge in [-0.2, -0.15) is 0 Å². The van der Waals surface area contributed by atoms with Crippen molar-refractivity contribution in [1.29, 1.82) is 0 Å². The van der Waals surface area contributed by atoms with Gasteiger partial charge in [-0.25, -0.2) is 0 Å². The first-order chi connectivity index (χ1) is 26.4. The van der Waals surface area contributed by atoms with Crippen molar-refractivity contribution < 1.29 is 27.1 Å². The van der Waals surface area contributed by atoms with Crippen LogP contribution in [0.15, 0.2) is 168 Å². The van der Waals surface area contributed by atoms with Crippen LogP contribution in [0.2, 0.25) is 0 Å². The first-order valence-electron chi connectivity index (χ1n) is 18.1. The molecule has 0 saturated heterocycles. The number of hydrogen-bond acceptors (Lipinski definition) is 9. The summed E-state index contributed by atoms with van der Waals surface area (Å²) in [5.41, 5.74) is 6.50. The minimum absolute atomic E-state index is 0.289. The van der Waals surface area contributed by atoms with E-state index in [9.17, 15) is 0 Å². The second kappa shape index (κ2) is 17.4. The Hall–Kier alpha value is -4.39. The Balaban J connectivity index is 1.29. The van der Waals surface area contributed by atoms with E-state index in [4.69, 9.17) is 31.7 Å². The molecule has 9 nitrogen and oxygen atoms in total. The standard InChI is InChI=1S/C42H46N3O6P3/c1-4-46-52(49-40-28-22-37(23-29-40)34-16-10-7-11-17-34)43-53(47-5-2,50-41-30-24-38(25-31-41)35-18-12-8-13-19-35)45-54(44-52,48-6-3)51-42-32-26-39(27-33-42)36-20-14-9-15-21-36/h7-33,43-44,52-53H,4-6H2,1-3H3. The Morgan fingerprint density at radius 3 is 1.30 bits per heavy atom. The first kappa shape index (κ1) is 37.9. The molecule has 12 heteroatoms. The van der Waals surface area contributed by atoms with Crippen LogP contribution in [0.4, 0.5) is 0 Å². The van der Waals surface area contributed by atoms with Crippen LogP contribution < -0.4 is 23.3 Å². The molecule has 1 aliphatic heterocycles. The van der Waals surface area contributed by atoms with E-state index in [1.54, 1.807) is 0 Å². The van der Waals surface area contributed by atoms with Gasteiger partial charge in [-0.3, -0.25) is 0 Å². The van der Waals surface area contributed by atoms with E-state index >= 15 is 0 Å². The van der Waals surface area contributed by atoms with Gasteiger partial charge in [0.15, 0.2) is 0 Å². The quantitative estimate of drug-likeness (QED) is 0.0995. The molecule has 7 rings (SSSR count). The van der Waals surface area contributed by atoms with Gasteiger partial charge in [-0.05, 0) is 0 Å². The number of rotatable bonds is 15. The van der Waals surface area contributed by atoms with E-state index in [-0.39, 0.29) is 6.61 Å². The van der Waals surface area contributed by atoms with Crippen LogP contribution >= 0.6 is 23.7 Å². The van der Waals surface area contributed by atoms with Crippen LogP contribution in [0, 0.1) is 0 Å². The molecule has 0 saturated carbocycles.